The van der Waals surface area contributed by atoms with Gasteiger partial charge in [0.25, 0.3) is 5.91 Å². The third-order valence-corrected chi connectivity index (χ3v) is 5.47. The van der Waals surface area contributed by atoms with Crippen LogP contribution in [0.25, 0.3) is 10.8 Å². The van der Waals surface area contributed by atoms with Crippen molar-refractivity contribution in [1.29, 1.82) is 0 Å². The topological polar surface area (TPSA) is 75.7 Å². The molecule has 7 heteroatoms. The summed E-state index contributed by atoms with van der Waals surface area (Å²) in [4.78, 5) is 38.7. The van der Waals surface area contributed by atoms with E-state index in [1.807, 2.05) is 42.5 Å². The normalized spacial score (nSPS) is 13.0. The first-order valence-corrected chi connectivity index (χ1v) is 10.1. The van der Waals surface area contributed by atoms with Crippen LogP contribution in [0.3, 0.4) is 0 Å². The lowest BCUT2D eigenvalue weighted by Gasteiger charge is -2.28. The Morgan fingerprint density at radius 2 is 1.76 bits per heavy atom. The first-order valence-electron chi connectivity index (χ1n) is 9.06. The van der Waals surface area contributed by atoms with E-state index >= 15 is 0 Å². The summed E-state index contributed by atoms with van der Waals surface area (Å²) in [6, 6.07) is 21.0. The Hall–Kier alpha value is -3.32. The number of rotatable bonds is 5. The minimum Gasteiger partial charge on any atom is -0.455 e. The molecule has 3 aromatic rings. The van der Waals surface area contributed by atoms with Crippen LogP contribution in [0.1, 0.15) is 0 Å². The number of ether oxygens (including phenoxy) is 1. The third-order valence-electron chi connectivity index (χ3n) is 4.51. The molecule has 1 heterocycles. The Balaban J connectivity index is 1.32. The lowest BCUT2D eigenvalue weighted by atomic mass is 10.1. The average molecular weight is 406 g/mol. The van der Waals surface area contributed by atoms with E-state index in [1.165, 1.54) is 16.7 Å². The fourth-order valence-electron chi connectivity index (χ4n) is 3.12. The number of amides is 2. The van der Waals surface area contributed by atoms with Gasteiger partial charge < -0.3 is 10.1 Å². The average Bonchev–Trinajstić information content (AvgIpc) is 2.75. The van der Waals surface area contributed by atoms with Crippen LogP contribution in [0.4, 0.5) is 11.4 Å². The molecule has 0 saturated heterocycles. The van der Waals surface area contributed by atoms with Gasteiger partial charge in [-0.25, -0.2) is 0 Å². The van der Waals surface area contributed by atoms with Crippen molar-refractivity contribution < 1.29 is 19.1 Å². The van der Waals surface area contributed by atoms with Crippen LogP contribution in [0, 0.1) is 0 Å². The van der Waals surface area contributed by atoms with Gasteiger partial charge in [-0.3, -0.25) is 19.3 Å². The van der Waals surface area contributed by atoms with E-state index in [0.29, 0.717) is 11.4 Å². The smallest absolute Gasteiger partial charge is 0.316 e. The van der Waals surface area contributed by atoms with Crippen LogP contribution in [0.15, 0.2) is 71.6 Å². The SMILES string of the molecule is O=C1CN(C(=O)COC(=O)CSc2ccc3ccccc3c2)c2ccccc2N1. The summed E-state index contributed by atoms with van der Waals surface area (Å²) in [5.74, 6) is -1.10. The fraction of sp³-hybridized carbons (Fsp3) is 0.136. The van der Waals surface area contributed by atoms with Crippen molar-refractivity contribution in [3.05, 3.63) is 66.7 Å². The van der Waals surface area contributed by atoms with Gasteiger partial charge >= 0.3 is 5.97 Å². The third kappa shape index (κ3) is 4.41. The molecule has 146 valence electrons. The Morgan fingerprint density at radius 1 is 1.00 bits per heavy atom. The van der Waals surface area contributed by atoms with Gasteiger partial charge in [-0.05, 0) is 35.0 Å². The van der Waals surface area contributed by atoms with Crippen LogP contribution in [0.2, 0.25) is 0 Å². The predicted molar refractivity (Wildman–Crippen MR) is 113 cm³/mol. The summed E-state index contributed by atoms with van der Waals surface area (Å²) in [6.45, 7) is -0.502. The van der Waals surface area contributed by atoms with Crippen molar-refractivity contribution in [2.24, 2.45) is 0 Å². The lowest BCUT2D eigenvalue weighted by molar-refractivity contribution is -0.145. The monoisotopic (exact) mass is 406 g/mol. The molecule has 0 spiro atoms. The second kappa shape index (κ2) is 8.36. The molecule has 1 aliphatic rings. The predicted octanol–water partition coefficient (Wildman–Crippen LogP) is 3.46. The van der Waals surface area contributed by atoms with Crippen molar-refractivity contribution in [2.75, 3.05) is 29.1 Å². The Morgan fingerprint density at radius 3 is 2.62 bits per heavy atom. The van der Waals surface area contributed by atoms with Gasteiger partial charge in [0.15, 0.2) is 6.61 Å². The van der Waals surface area contributed by atoms with Gasteiger partial charge in [0.1, 0.15) is 6.54 Å². The van der Waals surface area contributed by atoms with Crippen molar-refractivity contribution in [3.8, 4) is 0 Å². The number of para-hydroxylation sites is 2. The highest BCUT2D eigenvalue weighted by Gasteiger charge is 2.27. The summed E-state index contributed by atoms with van der Waals surface area (Å²) in [7, 11) is 0. The second-order valence-corrected chi connectivity index (χ2v) is 7.55. The molecule has 0 fully saturated rings. The lowest BCUT2D eigenvalue weighted by Crippen LogP contribution is -2.44. The molecule has 3 aromatic carbocycles. The van der Waals surface area contributed by atoms with Crippen molar-refractivity contribution >= 4 is 51.7 Å². The van der Waals surface area contributed by atoms with Crippen molar-refractivity contribution in [2.45, 2.75) is 4.90 Å². The van der Waals surface area contributed by atoms with E-state index in [0.717, 1.165) is 15.7 Å². The van der Waals surface area contributed by atoms with Gasteiger partial charge in [0.2, 0.25) is 5.91 Å². The molecule has 2 amide bonds. The largest absolute Gasteiger partial charge is 0.455 e. The molecule has 4 rings (SSSR count). The molecule has 1 N–H and O–H groups in total. The highest BCUT2D eigenvalue weighted by atomic mass is 32.2. The van der Waals surface area contributed by atoms with Crippen molar-refractivity contribution in [3.63, 3.8) is 0 Å². The van der Waals surface area contributed by atoms with Crippen LogP contribution in [-0.2, 0) is 19.1 Å². The number of hydrogen-bond acceptors (Lipinski definition) is 5. The summed E-state index contributed by atoms with van der Waals surface area (Å²) < 4.78 is 5.13. The molecule has 0 aromatic heterocycles. The number of carbonyl (C=O) groups excluding carboxylic acids is 3. The van der Waals surface area contributed by atoms with E-state index in [1.54, 1.807) is 24.3 Å². The standard InChI is InChI=1S/C22H18N2O4S/c25-20-12-24(19-8-4-3-7-18(19)23-20)21(26)13-28-22(27)14-29-17-10-9-15-5-1-2-6-16(15)11-17/h1-11H,12-14H2,(H,23,25). The summed E-state index contributed by atoms with van der Waals surface area (Å²) in [6.07, 6.45) is 0. The number of thioether (sulfide) groups is 1. The quantitative estimate of drug-likeness (QED) is 0.519. The first kappa shape index (κ1) is 19.0. The number of hydrogen-bond donors (Lipinski definition) is 1. The molecule has 0 saturated carbocycles. The Kier molecular flexibility index (Phi) is 5.48. The van der Waals surface area contributed by atoms with Gasteiger partial charge in [-0.15, -0.1) is 11.8 Å². The maximum absolute atomic E-state index is 12.5. The molecule has 1 aliphatic heterocycles. The molecule has 29 heavy (non-hydrogen) atoms. The van der Waals surface area contributed by atoms with Crippen LogP contribution < -0.4 is 10.2 Å². The van der Waals surface area contributed by atoms with Crippen LogP contribution in [0.5, 0.6) is 0 Å². The van der Waals surface area contributed by atoms with Crippen LogP contribution >= 0.6 is 11.8 Å². The first-order chi connectivity index (χ1) is 14.1. The minimum atomic E-state index is -0.480. The molecule has 0 atom stereocenters. The maximum atomic E-state index is 12.5. The van der Waals surface area contributed by atoms with Crippen LogP contribution in [-0.4, -0.2) is 36.7 Å². The molecule has 0 aliphatic carbocycles. The molecule has 6 nitrogen and oxygen atoms in total. The van der Waals surface area contributed by atoms with Gasteiger partial charge in [0, 0.05) is 4.90 Å². The number of carbonyl (C=O) groups is 3. The van der Waals surface area contributed by atoms with Crippen molar-refractivity contribution in [1.82, 2.24) is 0 Å². The molecular formula is C22H18N2O4S. The summed E-state index contributed by atoms with van der Waals surface area (Å²) >= 11 is 1.36. The molecular weight excluding hydrogens is 388 g/mol. The molecule has 0 bridgehead atoms. The fourth-order valence-corrected chi connectivity index (χ4v) is 3.86. The molecule has 0 unspecified atom stereocenters. The minimum absolute atomic E-state index is 0.0980. The van der Waals surface area contributed by atoms with Gasteiger partial charge in [-0.1, -0.05) is 42.5 Å². The highest BCUT2D eigenvalue weighted by Crippen LogP contribution is 2.29. The summed E-state index contributed by atoms with van der Waals surface area (Å²) in [5.41, 5.74) is 1.16. The Bertz CT molecular complexity index is 1100. The number of esters is 1. The highest BCUT2D eigenvalue weighted by molar-refractivity contribution is 8.00. The maximum Gasteiger partial charge on any atom is 0.316 e. The van der Waals surface area contributed by atoms with E-state index in [2.05, 4.69) is 5.32 Å². The van der Waals surface area contributed by atoms with E-state index in [9.17, 15) is 14.4 Å². The van der Waals surface area contributed by atoms with Gasteiger partial charge in [0.05, 0.1) is 17.1 Å². The van der Waals surface area contributed by atoms with E-state index in [4.69, 9.17) is 4.74 Å². The van der Waals surface area contributed by atoms with E-state index in [-0.39, 0.29) is 18.2 Å². The Labute approximate surface area is 171 Å². The number of fused-ring (bicyclic) bond motifs is 2. The van der Waals surface area contributed by atoms with E-state index < -0.39 is 18.5 Å². The zero-order valence-electron chi connectivity index (χ0n) is 15.5. The zero-order valence-corrected chi connectivity index (χ0v) is 16.3. The second-order valence-electron chi connectivity index (χ2n) is 6.50. The molecule has 0 radical (unpaired) electrons. The summed E-state index contributed by atoms with van der Waals surface area (Å²) in [5, 5.41) is 4.95. The number of nitrogens with one attached hydrogen (secondary N) is 1. The zero-order chi connectivity index (χ0) is 20.2. The number of benzene rings is 3. The van der Waals surface area contributed by atoms with Gasteiger partial charge in [-0.2, -0.15) is 0 Å². The number of anilines is 2. The number of nitrogens with zero attached hydrogens (tertiary/aromatic N) is 1.